The van der Waals surface area contributed by atoms with Crippen LogP contribution in [0.1, 0.15) is 129 Å². The van der Waals surface area contributed by atoms with Crippen molar-refractivity contribution in [1.29, 1.82) is 0 Å². The van der Waals surface area contributed by atoms with E-state index in [1.54, 1.807) is 6.07 Å². The van der Waals surface area contributed by atoms with Crippen LogP contribution in [0.3, 0.4) is 0 Å². The van der Waals surface area contributed by atoms with Crippen molar-refractivity contribution >= 4 is 5.97 Å². The van der Waals surface area contributed by atoms with E-state index in [4.69, 9.17) is 4.74 Å². The number of hydrogen-bond acceptors (Lipinski definition) is 4. The molecule has 0 heterocycles. The molecule has 4 nitrogen and oxygen atoms in total. The Labute approximate surface area is 199 Å². The lowest BCUT2D eigenvalue weighted by Crippen LogP contribution is -2.00. The minimum atomic E-state index is -0.157. The lowest BCUT2D eigenvalue weighted by atomic mass is 10.0. The summed E-state index contributed by atoms with van der Waals surface area (Å²) in [6.07, 6.45) is 22.0. The minimum Gasteiger partial charge on any atom is -0.508 e. The lowest BCUT2D eigenvalue weighted by molar-refractivity contribution is -0.141. The Balaban J connectivity index is 0. The van der Waals surface area contributed by atoms with E-state index in [9.17, 15) is 9.90 Å². The molecule has 0 amide bonds. The van der Waals surface area contributed by atoms with Crippen LogP contribution in [0, 0.1) is 0 Å². The molecular formula is C28H53NO3. The zero-order valence-corrected chi connectivity index (χ0v) is 21.5. The Morgan fingerprint density at radius 3 is 1.62 bits per heavy atom. The molecule has 4 heteroatoms. The third-order valence-corrected chi connectivity index (χ3v) is 5.59. The molecule has 0 aliphatic heterocycles. The van der Waals surface area contributed by atoms with Crippen molar-refractivity contribution in [3.63, 3.8) is 0 Å². The summed E-state index contributed by atoms with van der Waals surface area (Å²) in [5.41, 5.74) is 1.09. The molecular weight excluding hydrogens is 398 g/mol. The summed E-state index contributed by atoms with van der Waals surface area (Å²) < 4.78 is 4.87. The van der Waals surface area contributed by atoms with Gasteiger partial charge in [0.1, 0.15) is 5.75 Å². The molecule has 0 aliphatic carbocycles. The highest BCUT2D eigenvalue weighted by molar-refractivity contribution is 5.65. The monoisotopic (exact) mass is 451 g/mol. The van der Waals surface area contributed by atoms with Crippen molar-refractivity contribution in [2.45, 2.75) is 130 Å². The molecule has 0 atom stereocenters. The molecule has 32 heavy (non-hydrogen) atoms. The van der Waals surface area contributed by atoms with E-state index in [2.05, 4.69) is 13.8 Å². The molecule has 0 unspecified atom stereocenters. The Hall–Kier alpha value is -1.55. The SMILES string of the molecule is CCCCCCCCCCCCOC(C)=O.CCCCCCCCc1ccccc1O.N. The molecule has 0 saturated carbocycles. The van der Waals surface area contributed by atoms with E-state index >= 15 is 0 Å². The third kappa shape index (κ3) is 23.1. The van der Waals surface area contributed by atoms with Crippen molar-refractivity contribution in [1.82, 2.24) is 6.15 Å². The number of phenols is 1. The first kappa shape index (κ1) is 32.6. The maximum absolute atomic E-state index is 10.5. The van der Waals surface area contributed by atoms with Gasteiger partial charge in [-0.15, -0.1) is 0 Å². The number of aromatic hydroxyl groups is 1. The van der Waals surface area contributed by atoms with Gasteiger partial charge in [-0.05, 0) is 30.9 Å². The molecule has 0 aliphatic rings. The molecule has 0 saturated heterocycles. The summed E-state index contributed by atoms with van der Waals surface area (Å²) in [4.78, 5) is 10.5. The predicted molar refractivity (Wildman–Crippen MR) is 139 cm³/mol. The molecule has 1 rings (SSSR count). The predicted octanol–water partition coefficient (Wildman–Crippen LogP) is 8.93. The van der Waals surface area contributed by atoms with Gasteiger partial charge in [0.15, 0.2) is 0 Å². The van der Waals surface area contributed by atoms with Gasteiger partial charge in [0.25, 0.3) is 0 Å². The molecule has 0 spiro atoms. The maximum atomic E-state index is 10.5. The number of phenolic OH excluding ortho intramolecular Hbond substituents is 1. The van der Waals surface area contributed by atoms with Crippen LogP contribution < -0.4 is 6.15 Å². The van der Waals surface area contributed by atoms with Crippen LogP contribution in [-0.2, 0) is 16.0 Å². The number of esters is 1. The van der Waals surface area contributed by atoms with Crippen LogP contribution in [-0.4, -0.2) is 17.7 Å². The Kier molecular flexibility index (Phi) is 26.2. The minimum absolute atomic E-state index is 0. The van der Waals surface area contributed by atoms with Crippen molar-refractivity contribution < 1.29 is 14.6 Å². The molecule has 4 N–H and O–H groups in total. The van der Waals surface area contributed by atoms with Gasteiger partial charge in [0, 0.05) is 6.92 Å². The van der Waals surface area contributed by atoms with Gasteiger partial charge in [-0.1, -0.05) is 122 Å². The first-order valence-corrected chi connectivity index (χ1v) is 13.0. The highest BCUT2D eigenvalue weighted by Crippen LogP contribution is 2.18. The van der Waals surface area contributed by atoms with E-state index in [0.29, 0.717) is 12.4 Å². The van der Waals surface area contributed by atoms with Gasteiger partial charge in [0.2, 0.25) is 0 Å². The largest absolute Gasteiger partial charge is 0.508 e. The van der Waals surface area contributed by atoms with Crippen LogP contribution in [0.2, 0.25) is 0 Å². The molecule has 0 fully saturated rings. The fraction of sp³-hybridized carbons (Fsp3) is 0.750. The summed E-state index contributed by atoms with van der Waals surface area (Å²) in [5, 5.41) is 9.55. The number of hydrogen-bond donors (Lipinski definition) is 2. The van der Waals surface area contributed by atoms with E-state index < -0.39 is 0 Å². The smallest absolute Gasteiger partial charge is 0.302 e. The number of benzene rings is 1. The average molecular weight is 452 g/mol. The summed E-state index contributed by atoms with van der Waals surface area (Å²) in [6.45, 7) is 6.56. The fourth-order valence-corrected chi connectivity index (χ4v) is 3.62. The Morgan fingerprint density at radius 2 is 1.16 bits per heavy atom. The van der Waals surface area contributed by atoms with Crippen LogP contribution in [0.5, 0.6) is 5.75 Å². The molecule has 1 aromatic carbocycles. The van der Waals surface area contributed by atoms with Gasteiger partial charge in [-0.25, -0.2) is 0 Å². The number of carbonyl (C=O) groups is 1. The second-order valence-corrected chi connectivity index (χ2v) is 8.67. The summed E-state index contributed by atoms with van der Waals surface area (Å²) in [5.74, 6) is 0.294. The number of ether oxygens (including phenoxy) is 1. The molecule has 1 aromatic rings. The standard InChI is InChI=1S/C14H28O2.C14H22O.H3N/c1-3-4-5-6-7-8-9-10-11-12-13-16-14(2)15;1-2-3-4-5-6-7-10-13-11-8-9-12-14(13)15;/h3-13H2,1-2H3;8-9,11-12,15H,2-7,10H2,1H3;1H3. The van der Waals surface area contributed by atoms with Crippen LogP contribution in [0.4, 0.5) is 0 Å². The number of rotatable bonds is 18. The van der Waals surface area contributed by atoms with E-state index in [1.807, 2.05) is 18.2 Å². The van der Waals surface area contributed by atoms with Crippen LogP contribution in [0.25, 0.3) is 0 Å². The zero-order valence-electron chi connectivity index (χ0n) is 21.5. The highest BCUT2D eigenvalue weighted by Gasteiger charge is 1.98. The first-order chi connectivity index (χ1) is 15.1. The molecule has 0 radical (unpaired) electrons. The molecule has 0 bridgehead atoms. The normalized spacial score (nSPS) is 10.1. The van der Waals surface area contributed by atoms with E-state index in [1.165, 1.54) is 103 Å². The third-order valence-electron chi connectivity index (χ3n) is 5.59. The van der Waals surface area contributed by atoms with Crippen LogP contribution in [0.15, 0.2) is 24.3 Å². The second-order valence-electron chi connectivity index (χ2n) is 8.67. The molecule has 0 aromatic heterocycles. The average Bonchev–Trinajstić information content (AvgIpc) is 2.76. The zero-order chi connectivity index (χ0) is 23.0. The van der Waals surface area contributed by atoms with Crippen molar-refractivity contribution in [3.8, 4) is 5.75 Å². The lowest BCUT2D eigenvalue weighted by Gasteiger charge is -2.03. The first-order valence-electron chi connectivity index (χ1n) is 13.0. The maximum Gasteiger partial charge on any atom is 0.302 e. The van der Waals surface area contributed by atoms with Crippen molar-refractivity contribution in [3.05, 3.63) is 29.8 Å². The van der Waals surface area contributed by atoms with Gasteiger partial charge in [-0.2, -0.15) is 0 Å². The number of para-hydroxylation sites is 1. The summed E-state index contributed by atoms with van der Waals surface area (Å²) in [7, 11) is 0. The van der Waals surface area contributed by atoms with Crippen molar-refractivity contribution in [2.24, 2.45) is 0 Å². The van der Waals surface area contributed by atoms with Gasteiger partial charge >= 0.3 is 5.97 Å². The van der Waals surface area contributed by atoms with E-state index in [0.717, 1.165) is 18.4 Å². The quantitative estimate of drug-likeness (QED) is 0.172. The van der Waals surface area contributed by atoms with Crippen molar-refractivity contribution in [2.75, 3.05) is 6.61 Å². The van der Waals surface area contributed by atoms with Gasteiger partial charge < -0.3 is 16.0 Å². The van der Waals surface area contributed by atoms with Crippen LogP contribution >= 0.6 is 0 Å². The fourth-order valence-electron chi connectivity index (χ4n) is 3.62. The van der Waals surface area contributed by atoms with Gasteiger partial charge in [-0.3, -0.25) is 4.79 Å². The Morgan fingerprint density at radius 1 is 0.719 bits per heavy atom. The van der Waals surface area contributed by atoms with E-state index in [-0.39, 0.29) is 12.1 Å². The highest BCUT2D eigenvalue weighted by atomic mass is 16.5. The van der Waals surface area contributed by atoms with Gasteiger partial charge in [0.05, 0.1) is 6.61 Å². The summed E-state index contributed by atoms with van der Waals surface area (Å²) in [6, 6.07) is 7.65. The Bertz CT molecular complexity index is 519. The summed E-state index contributed by atoms with van der Waals surface area (Å²) >= 11 is 0. The number of unbranched alkanes of at least 4 members (excludes halogenated alkanes) is 14. The number of aryl methyl sites for hydroxylation is 1. The second kappa shape index (κ2) is 25.7. The molecule has 188 valence electrons. The number of carbonyl (C=O) groups excluding carboxylic acids is 1. The topological polar surface area (TPSA) is 81.5 Å².